The normalized spacial score (nSPS) is 19.9. The van der Waals surface area contributed by atoms with Crippen molar-refractivity contribution in [1.82, 2.24) is 5.32 Å². The van der Waals surface area contributed by atoms with Crippen molar-refractivity contribution in [2.75, 3.05) is 13.1 Å². The third-order valence-corrected chi connectivity index (χ3v) is 4.47. The lowest BCUT2D eigenvalue weighted by atomic mass is 9.92. The number of hydrogen-bond donors (Lipinski definition) is 2. The first kappa shape index (κ1) is 19.4. The molecule has 2 aromatic carbocycles. The summed E-state index contributed by atoms with van der Waals surface area (Å²) in [6, 6.07) is 19.5. The van der Waals surface area contributed by atoms with E-state index in [4.69, 9.17) is 4.74 Å². The number of nitrogens with one attached hydrogen (secondary N) is 1. The Labute approximate surface area is 154 Å². The first-order valence-electron chi connectivity index (χ1n) is 8.42. The van der Waals surface area contributed by atoms with Gasteiger partial charge in [0.05, 0.1) is 12.5 Å². The summed E-state index contributed by atoms with van der Waals surface area (Å²) >= 11 is 0. The van der Waals surface area contributed by atoms with Gasteiger partial charge in [-0.05, 0) is 30.0 Å². The number of β-amino-alcohol motifs (C(OH)–C–C–N with tert-alkyl or cyclic N) is 1. The number of aliphatic hydroxyl groups is 1. The molecule has 0 radical (unpaired) electrons. The van der Waals surface area contributed by atoms with Gasteiger partial charge in [-0.3, -0.25) is 4.79 Å². The van der Waals surface area contributed by atoms with Crippen molar-refractivity contribution in [2.45, 2.75) is 25.0 Å². The van der Waals surface area contributed by atoms with E-state index in [9.17, 15) is 9.90 Å². The maximum atomic E-state index is 12.5. The van der Waals surface area contributed by atoms with Crippen LogP contribution in [-0.2, 0) is 9.53 Å². The van der Waals surface area contributed by atoms with Crippen molar-refractivity contribution in [3.63, 3.8) is 0 Å². The second kappa shape index (κ2) is 9.56. The number of ether oxygens (including phenoxy) is 1. The van der Waals surface area contributed by atoms with Crippen molar-refractivity contribution in [2.24, 2.45) is 5.92 Å². The molecule has 1 saturated heterocycles. The van der Waals surface area contributed by atoms with Gasteiger partial charge in [0.25, 0.3) is 0 Å². The summed E-state index contributed by atoms with van der Waals surface area (Å²) in [5.41, 5.74) is 1.89. The van der Waals surface area contributed by atoms with E-state index in [0.29, 0.717) is 6.54 Å². The van der Waals surface area contributed by atoms with Gasteiger partial charge in [0, 0.05) is 6.54 Å². The summed E-state index contributed by atoms with van der Waals surface area (Å²) < 4.78 is 5.80. The molecule has 0 saturated carbocycles. The molecule has 0 spiro atoms. The Hall–Kier alpha value is -1.88. The van der Waals surface area contributed by atoms with Crippen LogP contribution in [0.15, 0.2) is 60.7 Å². The largest absolute Gasteiger partial charge is 0.453 e. The topological polar surface area (TPSA) is 58.6 Å². The lowest BCUT2D eigenvalue weighted by molar-refractivity contribution is -0.150. The third-order valence-electron chi connectivity index (χ3n) is 4.47. The fraction of sp³-hybridized carbons (Fsp3) is 0.350. The average molecular weight is 362 g/mol. The summed E-state index contributed by atoms with van der Waals surface area (Å²) in [5, 5.41) is 13.1. The van der Waals surface area contributed by atoms with Crippen molar-refractivity contribution >= 4 is 18.4 Å². The van der Waals surface area contributed by atoms with Crippen molar-refractivity contribution < 1.29 is 14.6 Å². The third kappa shape index (κ3) is 5.30. The zero-order valence-corrected chi connectivity index (χ0v) is 14.8. The van der Waals surface area contributed by atoms with Crippen LogP contribution in [0.25, 0.3) is 0 Å². The van der Waals surface area contributed by atoms with Crippen LogP contribution < -0.4 is 5.32 Å². The number of carbonyl (C=O) groups is 1. The fourth-order valence-corrected chi connectivity index (χ4v) is 3.11. The first-order valence-corrected chi connectivity index (χ1v) is 8.42. The predicted octanol–water partition coefficient (Wildman–Crippen LogP) is 3.10. The molecule has 1 heterocycles. The highest BCUT2D eigenvalue weighted by Crippen LogP contribution is 2.27. The zero-order chi connectivity index (χ0) is 16.8. The molecule has 134 valence electrons. The molecule has 0 aromatic heterocycles. The minimum Gasteiger partial charge on any atom is -0.453 e. The highest BCUT2D eigenvalue weighted by Gasteiger charge is 2.27. The van der Waals surface area contributed by atoms with Gasteiger partial charge in [-0.15, -0.1) is 12.4 Å². The van der Waals surface area contributed by atoms with E-state index in [2.05, 4.69) is 5.32 Å². The first-order chi connectivity index (χ1) is 11.7. The molecule has 25 heavy (non-hydrogen) atoms. The quantitative estimate of drug-likeness (QED) is 0.803. The minimum atomic E-state index is -0.488. The van der Waals surface area contributed by atoms with Gasteiger partial charge < -0.3 is 15.2 Å². The van der Waals surface area contributed by atoms with Crippen LogP contribution >= 0.6 is 12.4 Å². The summed E-state index contributed by atoms with van der Waals surface area (Å²) in [6.45, 7) is 1.37. The Morgan fingerprint density at radius 1 is 1.08 bits per heavy atom. The predicted molar refractivity (Wildman–Crippen MR) is 99.7 cm³/mol. The monoisotopic (exact) mass is 361 g/mol. The van der Waals surface area contributed by atoms with Crippen LogP contribution in [0.3, 0.4) is 0 Å². The summed E-state index contributed by atoms with van der Waals surface area (Å²) in [4.78, 5) is 12.5. The number of carbonyl (C=O) groups excluding carboxylic acids is 1. The molecule has 1 aliphatic rings. The number of esters is 1. The van der Waals surface area contributed by atoms with Crippen LogP contribution in [0, 0.1) is 5.92 Å². The van der Waals surface area contributed by atoms with E-state index in [1.165, 1.54) is 0 Å². The van der Waals surface area contributed by atoms with Gasteiger partial charge in [0.2, 0.25) is 0 Å². The standard InChI is InChI=1S/C20H23NO3.ClH/c22-18-14-21-12-11-17(18)13-19(23)24-20(15-7-3-1-4-8-15)16-9-5-2-6-10-16;/h1-10,17-18,20-22H,11-14H2;1H/t17-,18-;/m1./s1. The van der Waals surface area contributed by atoms with Crippen LogP contribution in [-0.4, -0.2) is 30.3 Å². The molecule has 0 unspecified atom stereocenters. The van der Waals surface area contributed by atoms with Gasteiger partial charge in [-0.1, -0.05) is 60.7 Å². The second-order valence-corrected chi connectivity index (χ2v) is 6.22. The Balaban J connectivity index is 0.00000225. The van der Waals surface area contributed by atoms with Gasteiger partial charge in [0.15, 0.2) is 6.10 Å². The molecule has 0 amide bonds. The number of piperidine rings is 1. The molecule has 2 N–H and O–H groups in total. The Bertz CT molecular complexity index is 611. The highest BCUT2D eigenvalue weighted by atomic mass is 35.5. The molecule has 4 nitrogen and oxygen atoms in total. The molecule has 1 fully saturated rings. The Morgan fingerprint density at radius 2 is 1.64 bits per heavy atom. The van der Waals surface area contributed by atoms with E-state index in [-0.39, 0.29) is 30.7 Å². The number of aliphatic hydroxyl groups excluding tert-OH is 1. The summed E-state index contributed by atoms with van der Waals surface area (Å²) in [5.74, 6) is -0.301. The number of halogens is 1. The lowest BCUT2D eigenvalue weighted by Crippen LogP contribution is -2.41. The van der Waals surface area contributed by atoms with Crippen LogP contribution in [0.4, 0.5) is 0 Å². The van der Waals surface area contributed by atoms with Gasteiger partial charge in [0.1, 0.15) is 0 Å². The maximum Gasteiger partial charge on any atom is 0.307 e. The van der Waals surface area contributed by atoms with E-state index in [1.807, 2.05) is 60.7 Å². The minimum absolute atomic E-state index is 0. The van der Waals surface area contributed by atoms with Crippen LogP contribution in [0.1, 0.15) is 30.1 Å². The van der Waals surface area contributed by atoms with Gasteiger partial charge >= 0.3 is 5.97 Å². The molecular weight excluding hydrogens is 338 g/mol. The molecule has 3 rings (SSSR count). The SMILES string of the molecule is Cl.O=C(C[C@H]1CCNC[C@H]1O)OC(c1ccccc1)c1ccccc1. The molecule has 1 aliphatic heterocycles. The van der Waals surface area contributed by atoms with E-state index < -0.39 is 12.2 Å². The molecule has 0 aliphatic carbocycles. The molecule has 5 heteroatoms. The molecule has 2 atom stereocenters. The van der Waals surface area contributed by atoms with Gasteiger partial charge in [-0.25, -0.2) is 0 Å². The molecule has 0 bridgehead atoms. The average Bonchev–Trinajstić information content (AvgIpc) is 2.63. The van der Waals surface area contributed by atoms with Crippen molar-refractivity contribution in [1.29, 1.82) is 0 Å². The fourth-order valence-electron chi connectivity index (χ4n) is 3.11. The molecule has 2 aromatic rings. The van der Waals surface area contributed by atoms with E-state index in [1.54, 1.807) is 0 Å². The Kier molecular flexibility index (Phi) is 7.44. The molecular formula is C20H24ClNO3. The van der Waals surface area contributed by atoms with Crippen LogP contribution in [0.5, 0.6) is 0 Å². The summed E-state index contributed by atoms with van der Waals surface area (Å²) in [7, 11) is 0. The summed E-state index contributed by atoms with van der Waals surface area (Å²) in [6.07, 6.45) is 0.133. The maximum absolute atomic E-state index is 12.5. The number of rotatable bonds is 5. The van der Waals surface area contributed by atoms with Gasteiger partial charge in [-0.2, -0.15) is 0 Å². The zero-order valence-electron chi connectivity index (χ0n) is 14.0. The lowest BCUT2D eigenvalue weighted by Gasteiger charge is -2.28. The highest BCUT2D eigenvalue weighted by molar-refractivity contribution is 5.85. The Morgan fingerprint density at radius 3 is 2.16 bits per heavy atom. The van der Waals surface area contributed by atoms with E-state index >= 15 is 0 Å². The van der Waals surface area contributed by atoms with Crippen molar-refractivity contribution in [3.8, 4) is 0 Å². The number of benzene rings is 2. The van der Waals surface area contributed by atoms with E-state index in [0.717, 1.165) is 24.1 Å². The van der Waals surface area contributed by atoms with Crippen molar-refractivity contribution in [3.05, 3.63) is 71.8 Å². The van der Waals surface area contributed by atoms with Crippen LogP contribution in [0.2, 0.25) is 0 Å². The second-order valence-electron chi connectivity index (χ2n) is 6.22. The smallest absolute Gasteiger partial charge is 0.307 e. The number of hydrogen-bond acceptors (Lipinski definition) is 4.